The Bertz CT molecular complexity index is 892. The van der Waals surface area contributed by atoms with Crippen LogP contribution in [-0.4, -0.2) is 52.1 Å². The van der Waals surface area contributed by atoms with E-state index in [0.717, 1.165) is 38.5 Å². The minimum absolute atomic E-state index is 0.0409. The van der Waals surface area contributed by atoms with Crippen molar-refractivity contribution in [1.29, 1.82) is 0 Å². The largest absolute Gasteiger partial charge is 0.508 e. The standard InChI is InChI=1S/C29H47N3O5/c1-7-9-19-32(27(35)24(20(3)8-2)31-28(36)37-29(4,5)6)25(22-17-13-14-18-23(22)33)26(34)30-21-15-11-10-12-16-21/h13-14,17-18,20-21,24-25,33H,7-12,15-16,19H2,1-6H3,(H,30,34)(H,31,36). The van der Waals surface area contributed by atoms with E-state index >= 15 is 0 Å². The maximum Gasteiger partial charge on any atom is 0.408 e. The topological polar surface area (TPSA) is 108 Å². The Balaban J connectivity index is 2.47. The Hall–Kier alpha value is -2.77. The summed E-state index contributed by atoms with van der Waals surface area (Å²) >= 11 is 0. The van der Waals surface area contributed by atoms with Gasteiger partial charge in [0.25, 0.3) is 0 Å². The molecule has 37 heavy (non-hydrogen) atoms. The summed E-state index contributed by atoms with van der Waals surface area (Å²) in [6, 6.07) is 4.81. The number of carbonyl (C=O) groups excluding carboxylic acids is 3. The number of hydrogen-bond donors (Lipinski definition) is 3. The first-order valence-electron chi connectivity index (χ1n) is 13.9. The molecule has 3 atom stereocenters. The number of amides is 3. The smallest absolute Gasteiger partial charge is 0.408 e. The van der Waals surface area contributed by atoms with Gasteiger partial charge in [-0.05, 0) is 52.0 Å². The van der Waals surface area contributed by atoms with E-state index in [4.69, 9.17) is 4.74 Å². The summed E-state index contributed by atoms with van der Waals surface area (Å²) in [4.78, 5) is 42.2. The van der Waals surface area contributed by atoms with Gasteiger partial charge >= 0.3 is 6.09 Å². The van der Waals surface area contributed by atoms with Crippen LogP contribution in [0.5, 0.6) is 5.75 Å². The molecule has 8 nitrogen and oxygen atoms in total. The number of benzene rings is 1. The molecule has 1 aliphatic rings. The zero-order valence-electron chi connectivity index (χ0n) is 23.5. The molecule has 8 heteroatoms. The van der Waals surface area contributed by atoms with Gasteiger partial charge in [-0.2, -0.15) is 0 Å². The van der Waals surface area contributed by atoms with E-state index in [1.165, 1.54) is 11.0 Å². The van der Waals surface area contributed by atoms with E-state index in [9.17, 15) is 19.5 Å². The van der Waals surface area contributed by atoms with Gasteiger partial charge in [0, 0.05) is 18.2 Å². The second-order valence-electron chi connectivity index (χ2n) is 11.2. The number of alkyl carbamates (subject to hydrolysis) is 1. The van der Waals surface area contributed by atoms with Gasteiger partial charge in [-0.3, -0.25) is 9.59 Å². The van der Waals surface area contributed by atoms with E-state index in [2.05, 4.69) is 10.6 Å². The highest BCUT2D eigenvalue weighted by Gasteiger charge is 2.39. The van der Waals surface area contributed by atoms with E-state index in [0.29, 0.717) is 24.9 Å². The molecule has 0 saturated heterocycles. The van der Waals surface area contributed by atoms with Crippen LogP contribution in [0.3, 0.4) is 0 Å². The van der Waals surface area contributed by atoms with Gasteiger partial charge in [0.1, 0.15) is 23.4 Å². The van der Waals surface area contributed by atoms with Crippen LogP contribution in [0.25, 0.3) is 0 Å². The van der Waals surface area contributed by atoms with Crippen molar-refractivity contribution in [3.63, 3.8) is 0 Å². The quantitative estimate of drug-likeness (QED) is 0.362. The van der Waals surface area contributed by atoms with Gasteiger partial charge in [-0.25, -0.2) is 4.79 Å². The molecule has 0 aromatic heterocycles. The van der Waals surface area contributed by atoms with E-state index in [-0.39, 0.29) is 29.5 Å². The Morgan fingerprint density at radius 2 is 1.76 bits per heavy atom. The van der Waals surface area contributed by atoms with E-state index in [1.54, 1.807) is 39.0 Å². The molecule has 2 rings (SSSR count). The molecular weight excluding hydrogens is 470 g/mol. The maximum absolute atomic E-state index is 14.2. The Morgan fingerprint density at radius 3 is 2.32 bits per heavy atom. The Labute approximate surface area is 222 Å². The lowest BCUT2D eigenvalue weighted by molar-refractivity contribution is -0.144. The van der Waals surface area contributed by atoms with Gasteiger partial charge in [0.15, 0.2) is 0 Å². The number of carbonyl (C=O) groups is 3. The molecule has 0 spiro atoms. The van der Waals surface area contributed by atoms with Crippen molar-refractivity contribution in [2.24, 2.45) is 5.92 Å². The van der Waals surface area contributed by atoms with E-state index < -0.39 is 23.8 Å². The molecule has 0 radical (unpaired) electrons. The third kappa shape index (κ3) is 9.24. The summed E-state index contributed by atoms with van der Waals surface area (Å²) in [6.07, 6.45) is 6.53. The van der Waals surface area contributed by atoms with Crippen LogP contribution in [-0.2, 0) is 14.3 Å². The van der Waals surface area contributed by atoms with Crippen molar-refractivity contribution >= 4 is 17.9 Å². The minimum atomic E-state index is -1.02. The minimum Gasteiger partial charge on any atom is -0.508 e. The number of aromatic hydroxyl groups is 1. The number of ether oxygens (including phenoxy) is 1. The lowest BCUT2D eigenvalue weighted by Gasteiger charge is -2.37. The summed E-state index contributed by atoms with van der Waals surface area (Å²) < 4.78 is 5.45. The van der Waals surface area contributed by atoms with Crippen molar-refractivity contribution in [3.8, 4) is 5.75 Å². The molecule has 3 unspecified atom stereocenters. The fourth-order valence-corrected chi connectivity index (χ4v) is 4.69. The fraction of sp³-hybridized carbons (Fsp3) is 0.690. The van der Waals surface area contributed by atoms with Crippen LogP contribution < -0.4 is 10.6 Å². The van der Waals surface area contributed by atoms with Gasteiger partial charge in [-0.15, -0.1) is 0 Å². The third-order valence-electron chi connectivity index (χ3n) is 6.93. The van der Waals surface area contributed by atoms with Crippen LogP contribution in [0.1, 0.15) is 105 Å². The average Bonchev–Trinajstić information content (AvgIpc) is 2.84. The lowest BCUT2D eigenvalue weighted by atomic mass is 9.93. The summed E-state index contributed by atoms with van der Waals surface area (Å²) in [5, 5.41) is 16.7. The van der Waals surface area contributed by atoms with Crippen molar-refractivity contribution in [2.45, 2.75) is 117 Å². The Kier molecular flexibility index (Phi) is 11.7. The number of unbranched alkanes of at least 4 members (excludes halogenated alkanes) is 1. The first-order valence-corrected chi connectivity index (χ1v) is 13.9. The number of nitrogens with one attached hydrogen (secondary N) is 2. The lowest BCUT2D eigenvalue weighted by Crippen LogP contribution is -2.56. The van der Waals surface area contributed by atoms with Crippen molar-refractivity contribution in [2.75, 3.05) is 6.54 Å². The molecule has 3 amide bonds. The monoisotopic (exact) mass is 517 g/mol. The number of nitrogens with zero attached hydrogens (tertiary/aromatic N) is 1. The van der Waals surface area contributed by atoms with Crippen LogP contribution in [0.15, 0.2) is 24.3 Å². The van der Waals surface area contributed by atoms with Crippen LogP contribution in [0.4, 0.5) is 4.79 Å². The van der Waals surface area contributed by atoms with Crippen molar-refractivity contribution < 1.29 is 24.2 Å². The number of phenols is 1. The second-order valence-corrected chi connectivity index (χ2v) is 11.2. The van der Waals surface area contributed by atoms with E-state index in [1.807, 2.05) is 20.8 Å². The molecule has 1 saturated carbocycles. The summed E-state index contributed by atoms with van der Waals surface area (Å²) in [5.41, 5.74) is -0.340. The number of para-hydroxylation sites is 1. The molecule has 1 aromatic rings. The normalized spacial score (nSPS) is 16.8. The molecular formula is C29H47N3O5. The van der Waals surface area contributed by atoms with Gasteiger partial charge in [0.2, 0.25) is 11.8 Å². The molecule has 1 fully saturated rings. The summed E-state index contributed by atoms with van der Waals surface area (Å²) in [7, 11) is 0. The maximum atomic E-state index is 14.2. The van der Waals surface area contributed by atoms with Crippen LogP contribution in [0.2, 0.25) is 0 Å². The van der Waals surface area contributed by atoms with Crippen LogP contribution in [0, 0.1) is 5.92 Å². The fourth-order valence-electron chi connectivity index (χ4n) is 4.69. The highest BCUT2D eigenvalue weighted by Crippen LogP contribution is 2.31. The van der Waals surface area contributed by atoms with Crippen molar-refractivity contribution in [3.05, 3.63) is 29.8 Å². The second kappa shape index (κ2) is 14.2. The molecule has 1 aliphatic carbocycles. The molecule has 3 N–H and O–H groups in total. The first-order chi connectivity index (χ1) is 17.5. The molecule has 0 bridgehead atoms. The number of hydrogen-bond acceptors (Lipinski definition) is 5. The number of rotatable bonds is 11. The predicted molar refractivity (Wildman–Crippen MR) is 145 cm³/mol. The summed E-state index contributed by atoms with van der Waals surface area (Å²) in [5.74, 6) is -0.907. The van der Waals surface area contributed by atoms with Gasteiger partial charge in [0.05, 0.1) is 0 Å². The zero-order chi connectivity index (χ0) is 27.6. The zero-order valence-corrected chi connectivity index (χ0v) is 23.5. The Morgan fingerprint density at radius 1 is 1.11 bits per heavy atom. The molecule has 0 aliphatic heterocycles. The predicted octanol–water partition coefficient (Wildman–Crippen LogP) is 5.45. The first kappa shape index (κ1) is 30.5. The SMILES string of the molecule is CCCCN(C(=O)C(NC(=O)OC(C)(C)C)C(C)CC)C(C(=O)NC1CCCCC1)c1ccccc1O. The highest BCUT2D eigenvalue weighted by molar-refractivity contribution is 5.92. The number of phenolic OH excluding ortho intramolecular Hbond substituents is 1. The molecule has 208 valence electrons. The third-order valence-corrected chi connectivity index (χ3v) is 6.93. The average molecular weight is 518 g/mol. The van der Waals surface area contributed by atoms with Crippen LogP contribution >= 0.6 is 0 Å². The molecule has 1 aromatic carbocycles. The highest BCUT2D eigenvalue weighted by atomic mass is 16.6. The van der Waals surface area contributed by atoms with Gasteiger partial charge in [-0.1, -0.05) is 71.1 Å². The van der Waals surface area contributed by atoms with Gasteiger partial charge < -0.3 is 25.4 Å². The summed E-state index contributed by atoms with van der Waals surface area (Å²) in [6.45, 7) is 11.5. The molecule has 0 heterocycles. The van der Waals surface area contributed by atoms with Crippen molar-refractivity contribution in [1.82, 2.24) is 15.5 Å².